The van der Waals surface area contributed by atoms with Crippen LogP contribution in [-0.2, 0) is 24.6 Å². The number of aromatic nitrogens is 4. The highest BCUT2D eigenvalue weighted by molar-refractivity contribution is 7.99. The number of thioether (sulfide) groups is 1. The SMILES string of the molecule is CCOC(=O)C[C@@H]1CSC[C@]1(C(=O)OCC)n1cnc2c(OC)ncnc21. The quantitative estimate of drug-likeness (QED) is 0.644. The number of esters is 2. The summed E-state index contributed by atoms with van der Waals surface area (Å²) >= 11 is 1.59. The minimum atomic E-state index is -1.10. The number of fused-ring (bicyclic) bond motifs is 1. The Balaban J connectivity index is 2.11. The molecule has 3 rings (SSSR count). The molecule has 0 N–H and O–H groups in total. The molecule has 0 unspecified atom stereocenters. The second kappa shape index (κ2) is 8.12. The summed E-state index contributed by atoms with van der Waals surface area (Å²) in [6.07, 6.45) is 3.02. The van der Waals surface area contributed by atoms with Crippen LogP contribution in [0.1, 0.15) is 20.3 Å². The zero-order valence-corrected chi connectivity index (χ0v) is 16.3. The zero-order valence-electron chi connectivity index (χ0n) is 15.5. The fourth-order valence-electron chi connectivity index (χ4n) is 3.36. The first-order chi connectivity index (χ1) is 13.1. The van der Waals surface area contributed by atoms with E-state index < -0.39 is 11.5 Å². The third kappa shape index (κ3) is 3.33. The number of ether oxygens (including phenoxy) is 3. The summed E-state index contributed by atoms with van der Waals surface area (Å²) in [7, 11) is 1.50. The van der Waals surface area contributed by atoms with Crippen molar-refractivity contribution in [3.63, 3.8) is 0 Å². The zero-order chi connectivity index (χ0) is 19.4. The lowest BCUT2D eigenvalue weighted by atomic mass is 9.84. The molecule has 3 heterocycles. The lowest BCUT2D eigenvalue weighted by Gasteiger charge is -2.33. The number of hydrogen-bond acceptors (Lipinski definition) is 9. The van der Waals surface area contributed by atoms with Gasteiger partial charge < -0.3 is 14.2 Å². The highest BCUT2D eigenvalue weighted by Gasteiger charge is 2.54. The van der Waals surface area contributed by atoms with Crippen LogP contribution in [0.15, 0.2) is 12.7 Å². The fourth-order valence-corrected chi connectivity index (χ4v) is 4.96. The van der Waals surface area contributed by atoms with E-state index in [4.69, 9.17) is 14.2 Å². The average Bonchev–Trinajstić information content (AvgIpc) is 3.26. The van der Waals surface area contributed by atoms with Crippen molar-refractivity contribution in [1.82, 2.24) is 19.5 Å². The molecule has 27 heavy (non-hydrogen) atoms. The van der Waals surface area contributed by atoms with Gasteiger partial charge in [-0.15, -0.1) is 0 Å². The molecule has 2 aromatic rings. The van der Waals surface area contributed by atoms with Crippen LogP contribution in [0.25, 0.3) is 11.2 Å². The summed E-state index contributed by atoms with van der Waals surface area (Å²) in [5.74, 6) is 0.355. The number of methoxy groups -OCH3 is 1. The normalized spacial score (nSPS) is 22.0. The highest BCUT2D eigenvalue weighted by atomic mass is 32.2. The first-order valence-corrected chi connectivity index (χ1v) is 9.87. The molecule has 1 aliphatic heterocycles. The van der Waals surface area contributed by atoms with Crippen molar-refractivity contribution in [3.8, 4) is 5.88 Å². The molecule has 1 saturated heterocycles. The molecule has 0 bridgehead atoms. The summed E-state index contributed by atoms with van der Waals surface area (Å²) in [4.78, 5) is 38.0. The van der Waals surface area contributed by atoms with E-state index in [1.165, 1.54) is 13.4 Å². The van der Waals surface area contributed by atoms with Crippen molar-refractivity contribution >= 4 is 34.9 Å². The minimum Gasteiger partial charge on any atom is -0.479 e. The molecule has 1 fully saturated rings. The van der Waals surface area contributed by atoms with Crippen molar-refractivity contribution in [2.24, 2.45) is 5.92 Å². The van der Waals surface area contributed by atoms with E-state index in [1.54, 1.807) is 36.5 Å². The minimum absolute atomic E-state index is 0.113. The van der Waals surface area contributed by atoms with Gasteiger partial charge in [-0.1, -0.05) is 0 Å². The number of hydrogen-bond donors (Lipinski definition) is 0. The van der Waals surface area contributed by atoms with E-state index in [9.17, 15) is 9.59 Å². The van der Waals surface area contributed by atoms with Crippen LogP contribution in [0.2, 0.25) is 0 Å². The molecule has 0 spiro atoms. The predicted octanol–water partition coefficient (Wildman–Crippen LogP) is 1.41. The third-order valence-electron chi connectivity index (χ3n) is 4.59. The summed E-state index contributed by atoms with van der Waals surface area (Å²) in [6, 6.07) is 0. The van der Waals surface area contributed by atoms with Crippen LogP contribution in [-0.4, -0.2) is 63.3 Å². The Bertz CT molecular complexity index is 842. The average molecular weight is 394 g/mol. The number of carbonyl (C=O) groups is 2. The maximum Gasteiger partial charge on any atom is 0.333 e. The smallest absolute Gasteiger partial charge is 0.333 e. The van der Waals surface area contributed by atoms with Gasteiger partial charge in [0.15, 0.2) is 16.7 Å². The topological polar surface area (TPSA) is 105 Å². The van der Waals surface area contributed by atoms with E-state index >= 15 is 0 Å². The van der Waals surface area contributed by atoms with Crippen molar-refractivity contribution in [3.05, 3.63) is 12.7 Å². The van der Waals surface area contributed by atoms with Crippen molar-refractivity contribution in [2.45, 2.75) is 25.8 Å². The van der Waals surface area contributed by atoms with E-state index in [0.717, 1.165) is 0 Å². The standard InChI is InChI=1S/C17H22N4O5S/c1-4-25-12(22)6-11-7-27-8-17(11,16(23)26-5-2)21-10-20-13-14(21)18-9-19-15(13)24-3/h9-11H,4-8H2,1-3H3/t11-,17+/m1/s1. The molecule has 1 aliphatic rings. The Kier molecular flexibility index (Phi) is 5.83. The number of imidazole rings is 1. The molecule has 146 valence electrons. The first kappa shape index (κ1) is 19.4. The van der Waals surface area contributed by atoms with Crippen molar-refractivity contribution in [2.75, 3.05) is 31.8 Å². The second-order valence-corrected chi connectivity index (χ2v) is 7.07. The third-order valence-corrected chi connectivity index (χ3v) is 5.87. The van der Waals surface area contributed by atoms with E-state index in [2.05, 4.69) is 15.0 Å². The molecule has 0 amide bonds. The van der Waals surface area contributed by atoms with Crippen LogP contribution in [0.5, 0.6) is 5.88 Å². The van der Waals surface area contributed by atoms with Crippen LogP contribution >= 0.6 is 11.8 Å². The van der Waals surface area contributed by atoms with Gasteiger partial charge in [-0.05, 0) is 19.6 Å². The van der Waals surface area contributed by atoms with Gasteiger partial charge >= 0.3 is 11.9 Å². The Morgan fingerprint density at radius 3 is 2.74 bits per heavy atom. The molecule has 2 atom stereocenters. The Morgan fingerprint density at radius 1 is 1.26 bits per heavy atom. The van der Waals surface area contributed by atoms with Gasteiger partial charge in [0.05, 0.1) is 33.1 Å². The van der Waals surface area contributed by atoms with Crippen molar-refractivity contribution < 1.29 is 23.8 Å². The molecular weight excluding hydrogens is 372 g/mol. The molecule has 2 aromatic heterocycles. The maximum atomic E-state index is 13.1. The molecule has 0 radical (unpaired) electrons. The molecule has 0 aromatic carbocycles. The monoisotopic (exact) mass is 394 g/mol. The summed E-state index contributed by atoms with van der Waals surface area (Å²) in [6.45, 7) is 4.05. The maximum absolute atomic E-state index is 13.1. The van der Waals surface area contributed by atoms with Crippen LogP contribution in [0, 0.1) is 5.92 Å². The van der Waals surface area contributed by atoms with Gasteiger partial charge in [-0.25, -0.2) is 14.8 Å². The van der Waals surface area contributed by atoms with E-state index in [-0.39, 0.29) is 24.9 Å². The molecule has 0 saturated carbocycles. The first-order valence-electron chi connectivity index (χ1n) is 8.71. The van der Waals surface area contributed by atoms with E-state index in [0.29, 0.717) is 35.2 Å². The Hall–Kier alpha value is -2.36. The summed E-state index contributed by atoms with van der Waals surface area (Å²) in [5, 5.41) is 0. The second-order valence-electron chi connectivity index (χ2n) is 6.04. The van der Waals surface area contributed by atoms with Gasteiger partial charge in [0.2, 0.25) is 5.88 Å². The van der Waals surface area contributed by atoms with Gasteiger partial charge in [0.25, 0.3) is 0 Å². The Labute approximate surface area is 160 Å². The molecule has 10 heteroatoms. The molecular formula is C17H22N4O5S. The van der Waals surface area contributed by atoms with Crippen LogP contribution in [0.3, 0.4) is 0 Å². The molecule has 0 aliphatic carbocycles. The van der Waals surface area contributed by atoms with Gasteiger partial charge in [0, 0.05) is 11.7 Å². The van der Waals surface area contributed by atoms with Gasteiger partial charge in [-0.2, -0.15) is 16.7 Å². The number of rotatable bonds is 7. The lowest BCUT2D eigenvalue weighted by Crippen LogP contribution is -2.49. The lowest BCUT2D eigenvalue weighted by molar-refractivity contribution is -0.156. The van der Waals surface area contributed by atoms with Gasteiger partial charge in [0.1, 0.15) is 6.33 Å². The predicted molar refractivity (Wildman–Crippen MR) is 98.5 cm³/mol. The summed E-state index contributed by atoms with van der Waals surface area (Å²) < 4.78 is 17.5. The molecule has 9 nitrogen and oxygen atoms in total. The summed E-state index contributed by atoms with van der Waals surface area (Å²) in [5.41, 5.74) is -0.177. The number of nitrogens with zero attached hydrogens (tertiary/aromatic N) is 4. The van der Waals surface area contributed by atoms with E-state index in [1.807, 2.05) is 0 Å². The Morgan fingerprint density at radius 2 is 2.04 bits per heavy atom. The highest BCUT2D eigenvalue weighted by Crippen LogP contribution is 2.44. The van der Waals surface area contributed by atoms with Crippen LogP contribution in [0.4, 0.5) is 0 Å². The number of carbonyl (C=O) groups excluding carboxylic acids is 2. The fraction of sp³-hybridized carbons (Fsp3) is 0.588. The van der Waals surface area contributed by atoms with Crippen LogP contribution < -0.4 is 4.74 Å². The largest absolute Gasteiger partial charge is 0.479 e. The van der Waals surface area contributed by atoms with Gasteiger partial charge in [-0.3, -0.25) is 9.36 Å². The van der Waals surface area contributed by atoms with Crippen molar-refractivity contribution in [1.29, 1.82) is 0 Å².